The van der Waals surface area contributed by atoms with E-state index in [1.54, 1.807) is 0 Å². The summed E-state index contributed by atoms with van der Waals surface area (Å²) in [6.45, 7) is 13.6. The fourth-order valence-corrected chi connectivity index (χ4v) is 6.32. The monoisotopic (exact) mass is 422 g/mol. The van der Waals surface area contributed by atoms with Crippen LogP contribution in [0.5, 0.6) is 0 Å². The van der Waals surface area contributed by atoms with Crippen LogP contribution in [0.25, 0.3) is 0 Å². The first-order valence-corrected chi connectivity index (χ1v) is 11.6. The van der Waals surface area contributed by atoms with Crippen LogP contribution < -0.4 is 5.09 Å². The van der Waals surface area contributed by atoms with Gasteiger partial charge in [-0.1, -0.05) is 0 Å². The molecule has 0 heterocycles. The minimum absolute atomic E-state index is 0.508. The molecule has 25 heavy (non-hydrogen) atoms. The Balaban J connectivity index is 0. The van der Waals surface area contributed by atoms with Gasteiger partial charge in [-0.25, -0.2) is 0 Å². The van der Waals surface area contributed by atoms with E-state index in [2.05, 4.69) is 88.8 Å². The van der Waals surface area contributed by atoms with Crippen LogP contribution in [0.1, 0.15) is 41.5 Å². The van der Waals surface area contributed by atoms with Gasteiger partial charge >= 0.3 is 40.9 Å². The fraction of sp³-hybridized carbons (Fsp3) is 1.00. The Morgan fingerprint density at radius 3 is 0.880 bits per heavy atom. The maximum absolute atomic E-state index is 10.7. The Morgan fingerprint density at radius 2 is 0.800 bits per heavy atom. The number of rotatable bonds is 7. The topological polar surface area (TPSA) is 21.8 Å². The summed E-state index contributed by atoms with van der Waals surface area (Å²) in [5, 5.41) is 3.65. The van der Waals surface area contributed by atoms with Crippen molar-refractivity contribution in [2.75, 3.05) is 28.2 Å². The molecule has 0 bridgehead atoms. The van der Waals surface area contributed by atoms with Crippen LogP contribution in [-0.4, -0.2) is 60.3 Å². The molecule has 0 aliphatic carbocycles. The molecule has 0 spiro atoms. The summed E-state index contributed by atoms with van der Waals surface area (Å²) in [7, 11) is -3.55. The van der Waals surface area contributed by atoms with Crippen molar-refractivity contribution in [3.63, 3.8) is 0 Å². The molecule has 0 radical (unpaired) electrons. The minimum atomic E-state index is -10.7. The molecule has 0 aromatic rings. The van der Waals surface area contributed by atoms with E-state index >= 15 is 0 Å². The summed E-state index contributed by atoms with van der Waals surface area (Å²) in [5.41, 5.74) is 0. The Hall–Kier alpha value is 0.280. The average molecular weight is 422 g/mol. The molecule has 158 valence electrons. The van der Waals surface area contributed by atoms with Crippen molar-refractivity contribution in [3.05, 3.63) is 0 Å². The van der Waals surface area contributed by atoms with Crippen molar-refractivity contribution in [2.45, 2.75) is 59.7 Å². The molecule has 4 nitrogen and oxygen atoms in total. The molecule has 0 fully saturated rings. The standard InChI is InChI=1S/C13H34N4P.F6P/c1-11(2)15(8)18(14-7,16(9)12(3)4)17(10)13(5)6;1-7(2,3,4,5)6/h11-14H,1-10H3;/q+1;-1. The molecular formula is C13H34F6N4P2. The zero-order valence-corrected chi connectivity index (χ0v) is 18.5. The van der Waals surface area contributed by atoms with E-state index in [0.717, 1.165) is 0 Å². The summed E-state index contributed by atoms with van der Waals surface area (Å²) in [6.07, 6.45) is 0. The van der Waals surface area contributed by atoms with Gasteiger partial charge in [-0.3, -0.25) is 0 Å². The summed E-state index contributed by atoms with van der Waals surface area (Å²) in [5.74, 6) is 0. The number of nitrogens with zero attached hydrogens (tertiary/aromatic N) is 3. The summed E-state index contributed by atoms with van der Waals surface area (Å²) in [4.78, 5) is 0. The van der Waals surface area contributed by atoms with Crippen molar-refractivity contribution < 1.29 is 25.2 Å². The van der Waals surface area contributed by atoms with Gasteiger partial charge in [0.2, 0.25) is 0 Å². The van der Waals surface area contributed by atoms with Gasteiger partial charge in [0, 0.05) is 46.3 Å². The fourth-order valence-electron chi connectivity index (χ4n) is 2.11. The number of hydrogen-bond donors (Lipinski definition) is 1. The first kappa shape index (κ1) is 27.5. The molecule has 0 saturated heterocycles. The third-order valence-electron chi connectivity index (χ3n) is 3.86. The number of halogens is 6. The molecule has 0 amide bonds. The van der Waals surface area contributed by atoms with E-state index in [4.69, 9.17) is 0 Å². The average Bonchev–Trinajstić information content (AvgIpc) is 2.35. The third-order valence-corrected chi connectivity index (χ3v) is 8.49. The van der Waals surface area contributed by atoms with Crippen LogP contribution in [0, 0.1) is 0 Å². The van der Waals surface area contributed by atoms with Crippen LogP contribution in [0.15, 0.2) is 0 Å². The predicted octanol–water partition coefficient (Wildman–Crippen LogP) is 6.29. The Kier molecular flexibility index (Phi) is 8.92. The number of nitrogens with one attached hydrogen (secondary N) is 1. The van der Waals surface area contributed by atoms with Gasteiger partial charge in [0.25, 0.3) is 0 Å². The third kappa shape index (κ3) is 10.9. The molecular weight excluding hydrogens is 388 g/mol. The molecule has 0 saturated carbocycles. The summed E-state index contributed by atoms with van der Waals surface area (Å²) in [6, 6.07) is 1.52. The van der Waals surface area contributed by atoms with Crippen molar-refractivity contribution in [1.29, 1.82) is 0 Å². The van der Waals surface area contributed by atoms with E-state index in [-0.39, 0.29) is 0 Å². The molecule has 12 heteroatoms. The Labute approximate surface area is 148 Å². The van der Waals surface area contributed by atoms with Gasteiger partial charge < -0.3 is 0 Å². The van der Waals surface area contributed by atoms with Gasteiger partial charge in [0.05, 0.1) is 0 Å². The normalized spacial score (nSPS) is 16.6. The zero-order valence-electron chi connectivity index (χ0n) is 16.7. The van der Waals surface area contributed by atoms with Crippen LogP contribution in [0.4, 0.5) is 25.2 Å². The van der Waals surface area contributed by atoms with E-state index in [9.17, 15) is 25.2 Å². The van der Waals surface area contributed by atoms with Crippen LogP contribution in [0.3, 0.4) is 0 Å². The number of hydrogen-bond acceptors (Lipinski definition) is 4. The molecule has 1 N–H and O–H groups in total. The quantitative estimate of drug-likeness (QED) is 0.385. The summed E-state index contributed by atoms with van der Waals surface area (Å²) < 4.78 is 66.7. The van der Waals surface area contributed by atoms with E-state index in [0.29, 0.717) is 18.1 Å². The molecule has 0 aliphatic rings. The van der Waals surface area contributed by atoms with Gasteiger partial charge in [-0.05, 0) is 41.5 Å². The van der Waals surface area contributed by atoms with Gasteiger partial charge in [-0.15, -0.1) is 19.1 Å². The SMILES string of the molecule is CN[P+](N(C)C(C)C)(N(C)C(C)C)N(C)C(C)C.F[P-](F)(F)(F)(F)F. The van der Waals surface area contributed by atoms with E-state index < -0.39 is 15.7 Å². The second-order valence-electron chi connectivity index (χ2n) is 6.75. The zero-order chi connectivity index (χ0) is 21.1. The van der Waals surface area contributed by atoms with Crippen molar-refractivity contribution >= 4 is 15.7 Å². The molecule has 0 aromatic carbocycles. The second-order valence-corrected chi connectivity index (χ2v) is 12.1. The molecule has 0 rings (SSSR count). The molecule has 0 unspecified atom stereocenters. The van der Waals surface area contributed by atoms with Crippen molar-refractivity contribution in [1.82, 2.24) is 19.1 Å². The van der Waals surface area contributed by atoms with Gasteiger partial charge in [0.1, 0.15) is 0 Å². The molecule has 0 aliphatic heterocycles. The molecule has 0 atom stereocenters. The predicted molar refractivity (Wildman–Crippen MR) is 98.2 cm³/mol. The van der Waals surface area contributed by atoms with Gasteiger partial charge in [0.15, 0.2) is 0 Å². The molecule has 0 aromatic heterocycles. The Bertz CT molecular complexity index is 366. The maximum atomic E-state index is 9.87. The van der Waals surface area contributed by atoms with E-state index in [1.165, 1.54) is 0 Å². The van der Waals surface area contributed by atoms with Crippen molar-refractivity contribution in [2.24, 2.45) is 0 Å². The van der Waals surface area contributed by atoms with Crippen molar-refractivity contribution in [3.8, 4) is 0 Å². The first-order valence-electron chi connectivity index (χ1n) is 7.92. The van der Waals surface area contributed by atoms with Gasteiger partial charge in [-0.2, -0.15) is 0 Å². The van der Waals surface area contributed by atoms with Crippen LogP contribution in [0.2, 0.25) is 0 Å². The second kappa shape index (κ2) is 8.11. The van der Waals surface area contributed by atoms with Crippen LogP contribution >= 0.6 is 15.7 Å². The van der Waals surface area contributed by atoms with Crippen LogP contribution in [-0.2, 0) is 0 Å². The summed E-state index contributed by atoms with van der Waals surface area (Å²) >= 11 is 0. The first-order chi connectivity index (χ1) is 10.6. The van der Waals surface area contributed by atoms with E-state index in [1.807, 2.05) is 0 Å². The Morgan fingerprint density at radius 1 is 0.640 bits per heavy atom.